The van der Waals surface area contributed by atoms with Crippen LogP contribution in [0, 0.1) is 6.92 Å². The van der Waals surface area contributed by atoms with Gasteiger partial charge in [-0.25, -0.2) is 15.0 Å². The lowest BCUT2D eigenvalue weighted by Gasteiger charge is -2.04. The molecule has 76 valence electrons. The second kappa shape index (κ2) is 4.50. The predicted octanol–water partition coefficient (Wildman–Crippen LogP) is 1.79. The van der Waals surface area contributed by atoms with Crippen molar-refractivity contribution in [3.63, 3.8) is 0 Å². The molecule has 0 radical (unpaired) electrons. The standard InChI is InChI=1S/C11H12N4/c1-9-12-7-5-10(15-9)8-14-11-4-2-3-6-13-11/h2-7H,8H2,1H3,(H,13,14). The van der Waals surface area contributed by atoms with E-state index in [-0.39, 0.29) is 0 Å². The minimum atomic E-state index is 0.667. The summed E-state index contributed by atoms with van der Waals surface area (Å²) in [4.78, 5) is 12.5. The highest BCUT2D eigenvalue weighted by atomic mass is 15.0. The summed E-state index contributed by atoms with van der Waals surface area (Å²) in [5.41, 5.74) is 0.966. The first-order valence-corrected chi connectivity index (χ1v) is 4.78. The molecular formula is C11H12N4. The van der Waals surface area contributed by atoms with E-state index in [4.69, 9.17) is 0 Å². The molecule has 0 unspecified atom stereocenters. The zero-order valence-corrected chi connectivity index (χ0v) is 8.51. The maximum absolute atomic E-state index is 4.29. The van der Waals surface area contributed by atoms with Crippen molar-refractivity contribution < 1.29 is 0 Å². The lowest BCUT2D eigenvalue weighted by molar-refractivity contribution is 0.950. The molecule has 4 nitrogen and oxygen atoms in total. The van der Waals surface area contributed by atoms with Gasteiger partial charge in [0.2, 0.25) is 0 Å². The second-order valence-electron chi connectivity index (χ2n) is 3.16. The Hall–Kier alpha value is -1.97. The van der Waals surface area contributed by atoms with Crippen LogP contribution in [0.3, 0.4) is 0 Å². The first-order valence-electron chi connectivity index (χ1n) is 4.78. The highest BCUT2D eigenvalue weighted by Crippen LogP contribution is 2.02. The second-order valence-corrected chi connectivity index (χ2v) is 3.16. The average molecular weight is 200 g/mol. The molecule has 1 N–H and O–H groups in total. The van der Waals surface area contributed by atoms with Crippen molar-refractivity contribution in [2.45, 2.75) is 13.5 Å². The number of nitrogens with zero attached hydrogens (tertiary/aromatic N) is 3. The minimum Gasteiger partial charge on any atom is -0.364 e. The third-order valence-electron chi connectivity index (χ3n) is 1.95. The molecule has 2 aromatic rings. The molecule has 0 aliphatic rings. The fraction of sp³-hybridized carbons (Fsp3) is 0.182. The Balaban J connectivity index is 1.99. The average Bonchev–Trinajstić information content (AvgIpc) is 2.28. The smallest absolute Gasteiger partial charge is 0.126 e. The summed E-state index contributed by atoms with van der Waals surface area (Å²) >= 11 is 0. The number of hydrogen-bond donors (Lipinski definition) is 1. The fourth-order valence-corrected chi connectivity index (χ4v) is 1.25. The maximum atomic E-state index is 4.29. The van der Waals surface area contributed by atoms with Gasteiger partial charge in [-0.3, -0.25) is 0 Å². The molecule has 0 atom stereocenters. The van der Waals surface area contributed by atoms with Gasteiger partial charge in [-0.1, -0.05) is 6.07 Å². The number of rotatable bonds is 3. The Morgan fingerprint density at radius 3 is 2.80 bits per heavy atom. The van der Waals surface area contributed by atoms with E-state index in [2.05, 4.69) is 20.3 Å². The van der Waals surface area contributed by atoms with E-state index in [1.807, 2.05) is 31.2 Å². The van der Waals surface area contributed by atoms with Gasteiger partial charge in [-0.05, 0) is 25.1 Å². The maximum Gasteiger partial charge on any atom is 0.126 e. The van der Waals surface area contributed by atoms with Gasteiger partial charge >= 0.3 is 0 Å². The highest BCUT2D eigenvalue weighted by molar-refractivity contribution is 5.33. The molecule has 0 fully saturated rings. The van der Waals surface area contributed by atoms with Crippen LogP contribution in [-0.2, 0) is 6.54 Å². The number of pyridine rings is 1. The van der Waals surface area contributed by atoms with E-state index in [1.165, 1.54) is 0 Å². The Labute approximate surface area is 88.4 Å². The quantitative estimate of drug-likeness (QED) is 0.820. The van der Waals surface area contributed by atoms with E-state index in [0.717, 1.165) is 17.3 Å². The van der Waals surface area contributed by atoms with Crippen molar-refractivity contribution in [1.29, 1.82) is 0 Å². The van der Waals surface area contributed by atoms with Crippen LogP contribution in [-0.4, -0.2) is 15.0 Å². The van der Waals surface area contributed by atoms with Gasteiger partial charge in [-0.2, -0.15) is 0 Å². The van der Waals surface area contributed by atoms with Crippen LogP contribution in [0.15, 0.2) is 36.7 Å². The normalized spacial score (nSPS) is 9.93. The van der Waals surface area contributed by atoms with E-state index in [9.17, 15) is 0 Å². The monoisotopic (exact) mass is 200 g/mol. The van der Waals surface area contributed by atoms with Crippen molar-refractivity contribution in [1.82, 2.24) is 15.0 Å². The van der Waals surface area contributed by atoms with Crippen LogP contribution in [0.4, 0.5) is 5.82 Å². The molecule has 2 rings (SSSR count). The summed E-state index contributed by atoms with van der Waals surface area (Å²) in [6.07, 6.45) is 3.52. The summed E-state index contributed by atoms with van der Waals surface area (Å²) < 4.78 is 0. The molecule has 0 bridgehead atoms. The van der Waals surface area contributed by atoms with Crippen molar-refractivity contribution in [2.24, 2.45) is 0 Å². The Kier molecular flexibility index (Phi) is 2.88. The lowest BCUT2D eigenvalue weighted by atomic mass is 10.4. The number of anilines is 1. The Morgan fingerprint density at radius 2 is 2.07 bits per heavy atom. The fourth-order valence-electron chi connectivity index (χ4n) is 1.25. The molecule has 0 amide bonds. The summed E-state index contributed by atoms with van der Waals surface area (Å²) in [6, 6.07) is 7.65. The third kappa shape index (κ3) is 2.74. The van der Waals surface area contributed by atoms with Gasteiger partial charge in [0.1, 0.15) is 11.6 Å². The minimum absolute atomic E-state index is 0.667. The largest absolute Gasteiger partial charge is 0.364 e. The van der Waals surface area contributed by atoms with Crippen LogP contribution in [0.1, 0.15) is 11.5 Å². The van der Waals surface area contributed by atoms with Crippen LogP contribution in [0.5, 0.6) is 0 Å². The molecule has 0 aliphatic heterocycles. The molecular weight excluding hydrogens is 188 g/mol. The SMILES string of the molecule is Cc1nccc(CNc2ccccn2)n1. The summed E-state index contributed by atoms with van der Waals surface area (Å²) in [7, 11) is 0. The zero-order chi connectivity index (χ0) is 10.5. The Morgan fingerprint density at radius 1 is 1.13 bits per heavy atom. The van der Waals surface area contributed by atoms with Crippen molar-refractivity contribution >= 4 is 5.82 Å². The van der Waals surface area contributed by atoms with Gasteiger partial charge in [0, 0.05) is 12.4 Å². The predicted molar refractivity (Wildman–Crippen MR) is 58.3 cm³/mol. The molecule has 0 aliphatic carbocycles. The van der Waals surface area contributed by atoms with Gasteiger partial charge < -0.3 is 5.32 Å². The summed E-state index contributed by atoms with van der Waals surface area (Å²) in [5.74, 6) is 1.64. The molecule has 2 heterocycles. The van der Waals surface area contributed by atoms with E-state index in [0.29, 0.717) is 6.54 Å². The zero-order valence-electron chi connectivity index (χ0n) is 8.51. The van der Waals surface area contributed by atoms with Crippen molar-refractivity contribution in [3.05, 3.63) is 48.2 Å². The molecule has 0 spiro atoms. The molecule has 0 aromatic carbocycles. The van der Waals surface area contributed by atoms with Crippen LogP contribution >= 0.6 is 0 Å². The van der Waals surface area contributed by atoms with Crippen LogP contribution in [0.25, 0.3) is 0 Å². The molecule has 2 aromatic heterocycles. The number of aromatic nitrogens is 3. The molecule has 4 heteroatoms. The first kappa shape index (κ1) is 9.58. The topological polar surface area (TPSA) is 50.7 Å². The van der Waals surface area contributed by atoms with E-state index >= 15 is 0 Å². The van der Waals surface area contributed by atoms with Crippen molar-refractivity contribution in [3.8, 4) is 0 Å². The number of hydrogen-bond acceptors (Lipinski definition) is 4. The highest BCUT2D eigenvalue weighted by Gasteiger charge is 1.96. The van der Waals surface area contributed by atoms with Gasteiger partial charge in [0.05, 0.1) is 12.2 Å². The summed E-state index contributed by atoms with van der Waals surface area (Å²) in [6.45, 7) is 2.55. The van der Waals surface area contributed by atoms with Crippen LogP contribution < -0.4 is 5.32 Å². The third-order valence-corrected chi connectivity index (χ3v) is 1.95. The van der Waals surface area contributed by atoms with Gasteiger partial charge in [0.15, 0.2) is 0 Å². The first-order chi connectivity index (χ1) is 7.34. The van der Waals surface area contributed by atoms with Gasteiger partial charge in [0.25, 0.3) is 0 Å². The lowest BCUT2D eigenvalue weighted by Crippen LogP contribution is -2.04. The van der Waals surface area contributed by atoms with Crippen molar-refractivity contribution in [2.75, 3.05) is 5.32 Å². The van der Waals surface area contributed by atoms with Crippen LogP contribution in [0.2, 0.25) is 0 Å². The Bertz CT molecular complexity index is 428. The van der Waals surface area contributed by atoms with E-state index in [1.54, 1.807) is 12.4 Å². The number of aryl methyl sites for hydroxylation is 1. The van der Waals surface area contributed by atoms with Gasteiger partial charge in [-0.15, -0.1) is 0 Å². The molecule has 0 saturated carbocycles. The van der Waals surface area contributed by atoms with E-state index < -0.39 is 0 Å². The number of nitrogens with one attached hydrogen (secondary N) is 1. The molecule has 0 saturated heterocycles. The summed E-state index contributed by atoms with van der Waals surface area (Å²) in [5, 5.41) is 3.19. The molecule has 15 heavy (non-hydrogen) atoms.